The van der Waals surface area contributed by atoms with Gasteiger partial charge in [0.1, 0.15) is 5.75 Å². The lowest BCUT2D eigenvalue weighted by Crippen LogP contribution is -2.55. The number of methoxy groups -OCH3 is 1. The molecule has 204 valence electrons. The summed E-state index contributed by atoms with van der Waals surface area (Å²) in [7, 11) is -3.03. The van der Waals surface area contributed by atoms with Crippen molar-refractivity contribution in [2.75, 3.05) is 26.5 Å². The van der Waals surface area contributed by atoms with Gasteiger partial charge in [0, 0.05) is 12.5 Å². The van der Waals surface area contributed by atoms with Crippen molar-refractivity contribution in [2.24, 2.45) is 0 Å². The van der Waals surface area contributed by atoms with Crippen LogP contribution in [0, 0.1) is 0 Å². The first-order valence-corrected chi connectivity index (χ1v) is 13.1. The number of carboxylic acids is 1. The van der Waals surface area contributed by atoms with Crippen LogP contribution in [0.15, 0.2) is 24.3 Å². The third-order valence-corrected chi connectivity index (χ3v) is 7.44. The molecule has 2 rings (SSSR count). The monoisotopic (exact) mass is 534 g/mol. The number of carbonyl (C=O) groups is 2. The summed E-state index contributed by atoms with van der Waals surface area (Å²) >= 11 is 0. The molecular formula is C22H35N2O11P. The fourth-order valence-corrected chi connectivity index (χ4v) is 5.16. The highest BCUT2D eigenvalue weighted by Gasteiger charge is 2.43. The summed E-state index contributed by atoms with van der Waals surface area (Å²) in [6.45, 7) is -0.175. The molecule has 0 bridgehead atoms. The van der Waals surface area contributed by atoms with Gasteiger partial charge in [-0.05, 0) is 31.4 Å². The van der Waals surface area contributed by atoms with E-state index in [1.54, 1.807) is 24.3 Å². The third-order valence-electron chi connectivity index (χ3n) is 6.02. The second-order valence-corrected chi connectivity index (χ2v) is 10.9. The lowest BCUT2D eigenvalue weighted by molar-refractivity contribution is -0.148. The third kappa shape index (κ3) is 8.22. The van der Waals surface area contributed by atoms with Gasteiger partial charge in [-0.15, -0.1) is 0 Å². The van der Waals surface area contributed by atoms with Crippen molar-refractivity contribution >= 4 is 19.5 Å². The summed E-state index contributed by atoms with van der Waals surface area (Å²) in [6, 6.07) is 5.38. The van der Waals surface area contributed by atoms with Gasteiger partial charge < -0.3 is 50.3 Å². The SMILES string of the molecule is COc1ccccc1CCC(=O)NC(C)(COP(=O)(O)C[C@H](O)C[C@H]1N[C@H](CO)[C@@H](O)[C@@H]1O)C(=O)O. The van der Waals surface area contributed by atoms with Gasteiger partial charge in [0.2, 0.25) is 5.91 Å². The van der Waals surface area contributed by atoms with Gasteiger partial charge in [-0.2, -0.15) is 0 Å². The maximum atomic E-state index is 12.5. The maximum Gasteiger partial charge on any atom is 0.331 e. The summed E-state index contributed by atoms with van der Waals surface area (Å²) < 4.78 is 22.6. The molecule has 2 unspecified atom stereocenters. The largest absolute Gasteiger partial charge is 0.496 e. The average Bonchev–Trinajstić information content (AvgIpc) is 3.09. The second-order valence-electron chi connectivity index (χ2n) is 9.02. The number of aliphatic carboxylic acids is 1. The number of aryl methyl sites for hydroxylation is 1. The van der Waals surface area contributed by atoms with Gasteiger partial charge in [-0.3, -0.25) is 9.36 Å². The van der Waals surface area contributed by atoms with Gasteiger partial charge in [0.25, 0.3) is 0 Å². The number of carboxylic acid groups (broad SMARTS) is 1. The van der Waals surface area contributed by atoms with E-state index in [9.17, 15) is 44.6 Å². The molecule has 1 fully saturated rings. The van der Waals surface area contributed by atoms with Crippen molar-refractivity contribution in [3.63, 3.8) is 0 Å². The van der Waals surface area contributed by atoms with Gasteiger partial charge in [-0.1, -0.05) is 18.2 Å². The van der Waals surface area contributed by atoms with E-state index >= 15 is 0 Å². The highest BCUT2D eigenvalue weighted by atomic mass is 31.2. The summed E-state index contributed by atoms with van der Waals surface area (Å²) in [5.74, 6) is -1.53. The number of amides is 1. The zero-order valence-corrected chi connectivity index (χ0v) is 21.0. The van der Waals surface area contributed by atoms with E-state index in [1.807, 2.05) is 0 Å². The second kappa shape index (κ2) is 12.9. The highest BCUT2D eigenvalue weighted by Crippen LogP contribution is 2.44. The molecule has 36 heavy (non-hydrogen) atoms. The topological polar surface area (TPSA) is 215 Å². The van der Waals surface area contributed by atoms with Crippen molar-refractivity contribution in [1.29, 1.82) is 0 Å². The molecule has 13 nitrogen and oxygen atoms in total. The van der Waals surface area contributed by atoms with Gasteiger partial charge in [-0.25, -0.2) is 4.79 Å². The first kappa shape index (κ1) is 30.1. The molecule has 1 aromatic carbocycles. The van der Waals surface area contributed by atoms with Gasteiger partial charge >= 0.3 is 13.6 Å². The Morgan fingerprint density at radius 1 is 1.22 bits per heavy atom. The van der Waals surface area contributed by atoms with Crippen LogP contribution in [0.25, 0.3) is 0 Å². The van der Waals surface area contributed by atoms with Crippen molar-refractivity contribution in [3.8, 4) is 5.75 Å². The quantitative estimate of drug-likeness (QED) is 0.129. The Bertz CT molecular complexity index is 948. The molecule has 1 aliphatic rings. The molecule has 1 aromatic rings. The van der Waals surface area contributed by atoms with Crippen LogP contribution in [0.2, 0.25) is 0 Å². The normalized spacial score (nSPS) is 26.0. The summed E-state index contributed by atoms with van der Waals surface area (Å²) in [5, 5.41) is 53.8. The Labute approximate surface area is 208 Å². The lowest BCUT2D eigenvalue weighted by Gasteiger charge is -2.28. The lowest BCUT2D eigenvalue weighted by atomic mass is 10.0. The Morgan fingerprint density at radius 3 is 2.44 bits per heavy atom. The van der Waals surface area contributed by atoms with E-state index in [0.717, 1.165) is 12.5 Å². The molecule has 7 atom stereocenters. The van der Waals surface area contributed by atoms with E-state index in [2.05, 4.69) is 10.6 Å². The van der Waals surface area contributed by atoms with Crippen LogP contribution in [0.3, 0.4) is 0 Å². The Balaban J connectivity index is 1.90. The highest BCUT2D eigenvalue weighted by molar-refractivity contribution is 7.52. The summed E-state index contributed by atoms with van der Waals surface area (Å²) in [4.78, 5) is 34.4. The fraction of sp³-hybridized carbons (Fsp3) is 0.636. The van der Waals surface area contributed by atoms with Crippen LogP contribution in [-0.4, -0.2) is 105 Å². The molecule has 1 amide bonds. The predicted molar refractivity (Wildman–Crippen MR) is 127 cm³/mol. The van der Waals surface area contributed by atoms with Crippen molar-refractivity contribution in [3.05, 3.63) is 29.8 Å². The van der Waals surface area contributed by atoms with Crippen molar-refractivity contribution in [2.45, 2.75) is 62.1 Å². The summed E-state index contributed by atoms with van der Waals surface area (Å²) in [6.07, 6.45) is -4.86. The molecule has 14 heteroatoms. The predicted octanol–water partition coefficient (Wildman–Crippen LogP) is -1.41. The molecule has 0 aliphatic carbocycles. The molecule has 0 saturated carbocycles. The molecule has 1 heterocycles. The van der Waals surface area contributed by atoms with Crippen LogP contribution < -0.4 is 15.4 Å². The fourth-order valence-electron chi connectivity index (χ4n) is 3.91. The molecule has 0 radical (unpaired) electrons. The first-order chi connectivity index (χ1) is 16.8. The minimum Gasteiger partial charge on any atom is -0.496 e. The van der Waals surface area contributed by atoms with Gasteiger partial charge in [0.05, 0.1) is 50.8 Å². The average molecular weight is 534 g/mol. The number of carbonyl (C=O) groups excluding carboxylic acids is 1. The number of hydrogen-bond acceptors (Lipinski definition) is 10. The van der Waals surface area contributed by atoms with E-state index in [1.165, 1.54) is 7.11 Å². The number of nitrogens with one attached hydrogen (secondary N) is 2. The molecular weight excluding hydrogens is 499 g/mol. The Kier molecular flexibility index (Phi) is 10.8. The van der Waals surface area contributed by atoms with Crippen molar-refractivity contribution in [1.82, 2.24) is 10.6 Å². The molecule has 1 aliphatic heterocycles. The van der Waals surface area contributed by atoms with Crippen LogP contribution in [0.4, 0.5) is 0 Å². The van der Waals surface area contributed by atoms with Crippen LogP contribution in [0.1, 0.15) is 25.3 Å². The number of ether oxygens (including phenoxy) is 1. The number of aliphatic hydroxyl groups excluding tert-OH is 4. The first-order valence-electron chi connectivity index (χ1n) is 11.4. The molecule has 8 N–H and O–H groups in total. The molecule has 0 spiro atoms. The number of para-hydroxylation sites is 1. The van der Waals surface area contributed by atoms with Crippen LogP contribution in [0.5, 0.6) is 5.75 Å². The smallest absolute Gasteiger partial charge is 0.331 e. The number of rotatable bonds is 14. The number of benzene rings is 1. The van der Waals surface area contributed by atoms with E-state index in [0.29, 0.717) is 5.75 Å². The minimum atomic E-state index is -4.52. The van der Waals surface area contributed by atoms with Gasteiger partial charge in [0.15, 0.2) is 5.54 Å². The Hall–Kier alpha value is -2.09. The van der Waals surface area contributed by atoms with E-state index < -0.39 is 74.8 Å². The number of hydrogen-bond donors (Lipinski definition) is 8. The standard InChI is InChI=1S/C22H35N2O11P/c1-22(21(30)31,24-18(27)8-7-13-5-3-4-6-17(13)34-2)12-35-36(32,33)11-14(26)9-15-19(28)20(29)16(10-25)23-15/h3-6,14-16,19-20,23,25-26,28-29H,7-12H2,1-2H3,(H,24,27)(H,30,31)(H,32,33)/t14-,15-,16-,19-,20-,22?/m1/s1. The van der Waals surface area contributed by atoms with Crippen molar-refractivity contribution < 1.29 is 53.8 Å². The number of aliphatic hydroxyl groups is 4. The van der Waals surface area contributed by atoms with Crippen LogP contribution in [-0.2, 0) is 25.1 Å². The molecule has 0 aromatic heterocycles. The van der Waals surface area contributed by atoms with Crippen LogP contribution >= 0.6 is 7.60 Å². The maximum absolute atomic E-state index is 12.5. The molecule has 1 saturated heterocycles. The summed E-state index contributed by atoms with van der Waals surface area (Å²) in [5.41, 5.74) is -1.28. The zero-order valence-electron chi connectivity index (χ0n) is 20.1. The van der Waals surface area contributed by atoms with E-state index in [-0.39, 0.29) is 19.3 Å². The zero-order chi connectivity index (χ0) is 27.1. The Morgan fingerprint density at radius 2 is 1.86 bits per heavy atom. The minimum absolute atomic E-state index is 0.0733. The van der Waals surface area contributed by atoms with E-state index in [4.69, 9.17) is 9.26 Å².